The summed E-state index contributed by atoms with van der Waals surface area (Å²) in [4.78, 5) is 12.5. The monoisotopic (exact) mass is 456 g/mol. The van der Waals surface area contributed by atoms with E-state index in [4.69, 9.17) is 0 Å². The normalized spacial score (nSPS) is 58.2. The van der Waals surface area contributed by atoms with Crippen LogP contribution in [0.1, 0.15) is 106 Å². The van der Waals surface area contributed by atoms with Crippen molar-refractivity contribution in [1.82, 2.24) is 0 Å². The highest BCUT2D eigenvalue weighted by molar-refractivity contribution is 5.76. The van der Waals surface area contributed by atoms with Crippen LogP contribution in [0.25, 0.3) is 0 Å². The van der Waals surface area contributed by atoms with Gasteiger partial charge in [-0.05, 0) is 116 Å². The van der Waals surface area contributed by atoms with Crippen LogP contribution in [-0.4, -0.2) is 22.3 Å². The number of allylic oxidation sites excluding steroid dienone is 2. The van der Waals surface area contributed by atoms with Gasteiger partial charge in [-0.1, -0.05) is 53.2 Å². The second-order valence-electron chi connectivity index (χ2n) is 14.4. The minimum atomic E-state index is -1.03. The molecule has 0 radical (unpaired) electrons. The largest absolute Gasteiger partial charge is 0.481 e. The lowest BCUT2D eigenvalue weighted by molar-refractivity contribution is -0.217. The number of hydrogen-bond donors (Lipinski definition) is 2. The van der Waals surface area contributed by atoms with Gasteiger partial charge in [0, 0.05) is 0 Å². The van der Waals surface area contributed by atoms with E-state index in [9.17, 15) is 15.0 Å². The zero-order valence-corrected chi connectivity index (χ0v) is 22.2. The number of carboxylic acid groups (broad SMARTS) is 1. The zero-order chi connectivity index (χ0) is 24.2. The fraction of sp³-hybridized carbons (Fsp3) is 0.900. The SMILES string of the molecule is C[C@H]1[C@H](C)CC[C@]2(C)CC[C@]3(C)C(=CCC4[C@@]5(C)CC[C@@H](O)[C@](C)(C(=O)O)C5CC[C@]43C)[C@H]12. The van der Waals surface area contributed by atoms with Gasteiger partial charge < -0.3 is 10.2 Å². The van der Waals surface area contributed by atoms with Gasteiger partial charge in [-0.25, -0.2) is 0 Å². The fourth-order valence-electron chi connectivity index (χ4n) is 10.8. The van der Waals surface area contributed by atoms with Gasteiger partial charge in [0.1, 0.15) is 0 Å². The molecule has 186 valence electrons. The van der Waals surface area contributed by atoms with Crippen LogP contribution in [-0.2, 0) is 4.79 Å². The minimum Gasteiger partial charge on any atom is -0.481 e. The number of hydrogen-bond acceptors (Lipinski definition) is 2. The Morgan fingerprint density at radius 3 is 2.27 bits per heavy atom. The van der Waals surface area contributed by atoms with Crippen molar-refractivity contribution >= 4 is 5.97 Å². The average Bonchev–Trinajstić information content (AvgIpc) is 2.75. The van der Waals surface area contributed by atoms with E-state index in [1.54, 1.807) is 5.57 Å². The highest BCUT2D eigenvalue weighted by atomic mass is 16.4. The third kappa shape index (κ3) is 2.75. The molecule has 3 heteroatoms. The number of carbonyl (C=O) groups is 1. The van der Waals surface area contributed by atoms with E-state index < -0.39 is 17.5 Å². The fourth-order valence-corrected chi connectivity index (χ4v) is 10.8. The molecule has 0 aromatic carbocycles. The highest BCUT2D eigenvalue weighted by Gasteiger charge is 2.69. The molecule has 0 saturated heterocycles. The molecule has 11 atom stereocenters. The topological polar surface area (TPSA) is 57.5 Å². The summed E-state index contributed by atoms with van der Waals surface area (Å²) in [6, 6.07) is 0. The molecule has 4 fully saturated rings. The molecular weight excluding hydrogens is 408 g/mol. The lowest BCUT2D eigenvalue weighted by atomic mass is 9.33. The van der Waals surface area contributed by atoms with Crippen molar-refractivity contribution in [2.24, 2.45) is 56.7 Å². The smallest absolute Gasteiger partial charge is 0.312 e. The lowest BCUT2D eigenvalue weighted by Crippen LogP contribution is -2.66. The number of aliphatic hydroxyl groups is 1. The molecule has 4 saturated carbocycles. The summed E-state index contributed by atoms with van der Waals surface area (Å²) in [5, 5.41) is 21.1. The molecule has 33 heavy (non-hydrogen) atoms. The highest BCUT2D eigenvalue weighted by Crippen LogP contribution is 2.75. The van der Waals surface area contributed by atoms with E-state index in [0.717, 1.165) is 37.5 Å². The Morgan fingerprint density at radius 1 is 0.909 bits per heavy atom. The van der Waals surface area contributed by atoms with Crippen molar-refractivity contribution in [1.29, 1.82) is 0 Å². The number of aliphatic carboxylic acids is 1. The molecule has 3 nitrogen and oxygen atoms in total. The molecular formula is C30H48O3. The van der Waals surface area contributed by atoms with Crippen molar-refractivity contribution in [3.05, 3.63) is 11.6 Å². The van der Waals surface area contributed by atoms with Crippen LogP contribution in [0.15, 0.2) is 11.6 Å². The van der Waals surface area contributed by atoms with Crippen LogP contribution in [0.2, 0.25) is 0 Å². The van der Waals surface area contributed by atoms with E-state index in [1.165, 1.54) is 25.7 Å². The Balaban J connectivity index is 1.60. The number of aliphatic hydroxyl groups excluding tert-OH is 1. The Morgan fingerprint density at radius 2 is 1.61 bits per heavy atom. The van der Waals surface area contributed by atoms with Crippen LogP contribution in [0.3, 0.4) is 0 Å². The van der Waals surface area contributed by atoms with Crippen molar-refractivity contribution < 1.29 is 15.0 Å². The maximum Gasteiger partial charge on any atom is 0.312 e. The molecule has 0 amide bonds. The Kier molecular flexibility index (Phi) is 5.15. The molecule has 5 aliphatic carbocycles. The van der Waals surface area contributed by atoms with Gasteiger partial charge >= 0.3 is 5.97 Å². The van der Waals surface area contributed by atoms with Crippen molar-refractivity contribution in [2.75, 3.05) is 0 Å². The summed E-state index contributed by atoms with van der Waals surface area (Å²) in [7, 11) is 0. The van der Waals surface area contributed by atoms with Crippen molar-refractivity contribution in [3.8, 4) is 0 Å². The average molecular weight is 457 g/mol. The van der Waals surface area contributed by atoms with Gasteiger partial charge in [0.15, 0.2) is 0 Å². The van der Waals surface area contributed by atoms with E-state index >= 15 is 0 Å². The summed E-state index contributed by atoms with van der Waals surface area (Å²) < 4.78 is 0. The van der Waals surface area contributed by atoms with Crippen LogP contribution in [0.5, 0.6) is 0 Å². The minimum absolute atomic E-state index is 0.0311. The first-order valence-corrected chi connectivity index (χ1v) is 13.9. The quantitative estimate of drug-likeness (QED) is 0.414. The lowest BCUT2D eigenvalue weighted by Gasteiger charge is -2.71. The van der Waals surface area contributed by atoms with Crippen LogP contribution < -0.4 is 0 Å². The van der Waals surface area contributed by atoms with Crippen LogP contribution in [0.4, 0.5) is 0 Å². The molecule has 0 aromatic heterocycles. The molecule has 0 spiro atoms. The summed E-state index contributed by atoms with van der Waals surface area (Å²) in [6.45, 7) is 17.0. The van der Waals surface area contributed by atoms with Crippen molar-refractivity contribution in [2.45, 2.75) is 112 Å². The summed E-state index contributed by atoms with van der Waals surface area (Å²) in [5.74, 6) is 1.96. The third-order valence-corrected chi connectivity index (χ3v) is 13.5. The van der Waals surface area contributed by atoms with Crippen molar-refractivity contribution in [3.63, 3.8) is 0 Å². The molecule has 2 N–H and O–H groups in total. The second kappa shape index (κ2) is 7.11. The van der Waals surface area contributed by atoms with E-state index in [1.807, 2.05) is 6.92 Å². The second-order valence-corrected chi connectivity index (χ2v) is 14.4. The first-order chi connectivity index (χ1) is 15.3. The number of carboxylic acids is 1. The molecule has 0 aromatic rings. The Labute approximate surface area is 201 Å². The zero-order valence-electron chi connectivity index (χ0n) is 22.2. The summed E-state index contributed by atoms with van der Waals surface area (Å²) in [6.07, 6.45) is 12.0. The van der Waals surface area contributed by atoms with E-state index in [2.05, 4.69) is 47.6 Å². The van der Waals surface area contributed by atoms with Crippen LogP contribution >= 0.6 is 0 Å². The van der Waals surface area contributed by atoms with E-state index in [0.29, 0.717) is 23.7 Å². The Hall–Kier alpha value is -0.830. The first-order valence-electron chi connectivity index (χ1n) is 13.9. The van der Waals surface area contributed by atoms with Gasteiger partial charge in [0.05, 0.1) is 11.5 Å². The number of rotatable bonds is 1. The van der Waals surface area contributed by atoms with Gasteiger partial charge in [0.2, 0.25) is 0 Å². The van der Waals surface area contributed by atoms with Gasteiger partial charge in [-0.3, -0.25) is 4.79 Å². The maximum absolute atomic E-state index is 12.5. The first kappa shape index (κ1) is 23.9. The number of fused-ring (bicyclic) bond motifs is 7. The van der Waals surface area contributed by atoms with E-state index in [-0.39, 0.29) is 22.2 Å². The predicted octanol–water partition coefficient (Wildman–Crippen LogP) is 7.09. The molecule has 0 heterocycles. The van der Waals surface area contributed by atoms with Gasteiger partial charge in [0.25, 0.3) is 0 Å². The standard InChI is InChI=1S/C30H48O3/c1-18-10-13-26(3)16-17-28(5)20(24(26)19(18)2)8-9-21-27(4)14-12-23(31)30(7,25(32)33)22(27)11-15-29(21,28)6/h8,18-19,21-24,31H,9-17H2,1-7H3,(H,32,33)/t18-,19+,21?,22?,23-,24+,26-,27-,28-,29-,30-/m1/s1. The molecule has 0 aliphatic heterocycles. The predicted molar refractivity (Wildman–Crippen MR) is 133 cm³/mol. The summed E-state index contributed by atoms with van der Waals surface area (Å²) in [5.41, 5.74) is 1.56. The molecule has 0 bridgehead atoms. The molecule has 5 rings (SSSR count). The summed E-state index contributed by atoms with van der Waals surface area (Å²) >= 11 is 0. The third-order valence-electron chi connectivity index (χ3n) is 13.5. The van der Waals surface area contributed by atoms with Crippen LogP contribution in [0, 0.1) is 56.7 Å². The Bertz CT molecular complexity index is 878. The molecule has 5 aliphatic rings. The molecule has 2 unspecified atom stereocenters. The van der Waals surface area contributed by atoms with Gasteiger partial charge in [-0.15, -0.1) is 0 Å². The maximum atomic E-state index is 12.5. The van der Waals surface area contributed by atoms with Gasteiger partial charge in [-0.2, -0.15) is 0 Å².